The lowest BCUT2D eigenvalue weighted by molar-refractivity contribution is -0.192. The lowest BCUT2D eigenvalue weighted by Gasteiger charge is -2.38. The molecular formula is C22H25F6N7O4S2. The summed E-state index contributed by atoms with van der Waals surface area (Å²) in [6, 6.07) is 1.86. The third-order valence-electron chi connectivity index (χ3n) is 6.37. The van der Waals surface area contributed by atoms with Gasteiger partial charge in [0.25, 0.3) is 6.43 Å². The zero-order valence-corrected chi connectivity index (χ0v) is 23.3. The normalized spacial score (nSPS) is 24.8. The molecule has 0 radical (unpaired) electrons. The third-order valence-corrected chi connectivity index (χ3v) is 8.87. The van der Waals surface area contributed by atoms with E-state index in [-0.39, 0.29) is 34.2 Å². The summed E-state index contributed by atoms with van der Waals surface area (Å²) in [5.41, 5.74) is 0.0815. The lowest BCUT2D eigenvalue weighted by atomic mass is 10.1. The first kappa shape index (κ1) is 30.9. The third kappa shape index (κ3) is 6.73. The summed E-state index contributed by atoms with van der Waals surface area (Å²) in [6.07, 6.45) is -6.08. The molecule has 0 bridgehead atoms. The van der Waals surface area contributed by atoms with E-state index in [2.05, 4.69) is 30.1 Å². The Morgan fingerprint density at radius 2 is 1.83 bits per heavy atom. The van der Waals surface area contributed by atoms with Gasteiger partial charge in [-0.05, 0) is 26.8 Å². The van der Waals surface area contributed by atoms with Crippen LogP contribution in [-0.2, 0) is 14.8 Å². The first-order chi connectivity index (χ1) is 18.9. The second kappa shape index (κ2) is 11.0. The molecule has 4 heterocycles. The standard InChI is InChI=1S/C20H24F3N7O2S2.C2HF3O2/c1-10-7-29(8-11(2)25-10)13-4-12(34(31,32)28-20(3)5-15(20)21)9-30-14(13)6-24-17(30)19-27-26-18(33-19)16(22)23;3-2(4,5)1(6)7/h4,6,9-11,15-16,25,28H,5,7-8H2,1-3H3;(H,6,7)/t10-,11-,15+,20-;/m0./s1. The summed E-state index contributed by atoms with van der Waals surface area (Å²) >= 11 is 0.696. The predicted molar refractivity (Wildman–Crippen MR) is 135 cm³/mol. The highest BCUT2D eigenvalue weighted by molar-refractivity contribution is 7.89. The van der Waals surface area contributed by atoms with Gasteiger partial charge in [0.15, 0.2) is 15.8 Å². The number of carboxylic acid groups (broad SMARTS) is 1. The Labute approximate surface area is 233 Å². The number of nitrogens with zero attached hydrogens (tertiary/aromatic N) is 5. The smallest absolute Gasteiger partial charge is 0.475 e. The predicted octanol–water partition coefficient (Wildman–Crippen LogP) is 3.39. The van der Waals surface area contributed by atoms with Crippen LogP contribution in [-0.4, -0.2) is 82.1 Å². The average Bonchev–Trinajstić information content (AvgIpc) is 3.24. The SMILES string of the molecule is C[C@H]1CN(c2cc(S(=O)(=O)N[C@@]3(C)C[C@H]3F)cn3c(-c4nnc(C(F)F)s4)ncc23)C[C@H](C)N1.O=C(O)C(F)(F)F. The topological polar surface area (TPSA) is 142 Å². The first-order valence-corrected chi connectivity index (χ1v) is 14.3. The van der Waals surface area contributed by atoms with Gasteiger partial charge in [0.1, 0.15) is 11.1 Å². The Bertz CT molecular complexity index is 1540. The lowest BCUT2D eigenvalue weighted by Crippen LogP contribution is -2.54. The van der Waals surface area contributed by atoms with E-state index < -0.39 is 45.3 Å². The molecule has 226 valence electrons. The van der Waals surface area contributed by atoms with Crippen molar-refractivity contribution < 1.29 is 44.7 Å². The fourth-order valence-corrected chi connectivity index (χ4v) is 6.48. The van der Waals surface area contributed by atoms with Gasteiger partial charge in [-0.2, -0.15) is 13.2 Å². The maximum absolute atomic E-state index is 13.8. The number of sulfonamides is 1. The summed E-state index contributed by atoms with van der Waals surface area (Å²) in [5, 5.41) is 17.6. The zero-order chi connectivity index (χ0) is 30.5. The van der Waals surface area contributed by atoms with Crippen LogP contribution in [0.3, 0.4) is 0 Å². The summed E-state index contributed by atoms with van der Waals surface area (Å²) in [6.45, 7) is 6.83. The molecule has 1 saturated heterocycles. The molecule has 1 aliphatic carbocycles. The van der Waals surface area contributed by atoms with Crippen molar-refractivity contribution >= 4 is 38.5 Å². The van der Waals surface area contributed by atoms with Gasteiger partial charge in [-0.15, -0.1) is 10.2 Å². The van der Waals surface area contributed by atoms with E-state index in [1.807, 2.05) is 13.8 Å². The number of aliphatic carboxylic acids is 1. The van der Waals surface area contributed by atoms with Crippen LogP contribution < -0.4 is 14.9 Å². The summed E-state index contributed by atoms with van der Waals surface area (Å²) < 4.78 is 102. The van der Waals surface area contributed by atoms with Gasteiger partial charge in [0.05, 0.1) is 22.9 Å². The Hall–Kier alpha value is -3.03. The number of pyridine rings is 1. The summed E-state index contributed by atoms with van der Waals surface area (Å²) in [5.74, 6) is -2.55. The number of piperazine rings is 1. The van der Waals surface area contributed by atoms with Crippen LogP contribution in [0.1, 0.15) is 38.6 Å². The number of hydrogen-bond donors (Lipinski definition) is 3. The quantitative estimate of drug-likeness (QED) is 0.350. The fraction of sp³-hybridized carbons (Fsp3) is 0.545. The molecule has 11 nitrogen and oxygen atoms in total. The fourth-order valence-electron chi connectivity index (χ4n) is 4.33. The summed E-state index contributed by atoms with van der Waals surface area (Å²) in [7, 11) is -4.09. The molecule has 1 saturated carbocycles. The second-order valence-electron chi connectivity index (χ2n) is 10.0. The van der Waals surface area contributed by atoms with Crippen LogP contribution in [0.25, 0.3) is 16.3 Å². The van der Waals surface area contributed by atoms with Gasteiger partial charge in [0.2, 0.25) is 10.0 Å². The van der Waals surface area contributed by atoms with Gasteiger partial charge in [-0.25, -0.2) is 36.1 Å². The van der Waals surface area contributed by atoms with E-state index in [1.54, 1.807) is 12.3 Å². The number of aromatic nitrogens is 4. The summed E-state index contributed by atoms with van der Waals surface area (Å²) in [4.78, 5) is 15.2. The van der Waals surface area contributed by atoms with E-state index in [4.69, 9.17) is 9.90 Å². The molecule has 3 aromatic heterocycles. The van der Waals surface area contributed by atoms with Gasteiger partial charge in [-0.3, -0.25) is 4.40 Å². The Balaban J connectivity index is 0.000000493. The zero-order valence-electron chi connectivity index (χ0n) is 21.7. The van der Waals surface area contributed by atoms with E-state index in [1.165, 1.54) is 17.5 Å². The first-order valence-electron chi connectivity index (χ1n) is 12.0. The van der Waals surface area contributed by atoms with E-state index in [9.17, 15) is 34.8 Å². The highest BCUT2D eigenvalue weighted by atomic mass is 32.2. The van der Waals surface area contributed by atoms with Crippen molar-refractivity contribution in [1.82, 2.24) is 29.6 Å². The monoisotopic (exact) mass is 629 g/mol. The molecular weight excluding hydrogens is 604 g/mol. The molecule has 0 unspecified atom stereocenters. The molecule has 2 aliphatic rings. The minimum absolute atomic E-state index is 0.0768. The van der Waals surface area contributed by atoms with Crippen molar-refractivity contribution in [2.45, 2.75) is 68.5 Å². The van der Waals surface area contributed by atoms with Gasteiger partial charge in [0, 0.05) is 37.8 Å². The minimum atomic E-state index is -5.08. The number of hydrogen-bond acceptors (Lipinski definition) is 9. The van der Waals surface area contributed by atoms with Crippen molar-refractivity contribution in [3.8, 4) is 10.8 Å². The molecule has 4 atom stereocenters. The molecule has 41 heavy (non-hydrogen) atoms. The highest BCUT2D eigenvalue weighted by Gasteiger charge is 2.54. The van der Waals surface area contributed by atoms with E-state index >= 15 is 0 Å². The Morgan fingerprint density at radius 1 is 1.24 bits per heavy atom. The van der Waals surface area contributed by atoms with Gasteiger partial charge >= 0.3 is 12.1 Å². The molecule has 0 aromatic carbocycles. The number of anilines is 1. The molecule has 2 fully saturated rings. The van der Waals surface area contributed by atoms with Gasteiger partial charge in [-0.1, -0.05) is 11.3 Å². The highest BCUT2D eigenvalue weighted by Crippen LogP contribution is 2.40. The minimum Gasteiger partial charge on any atom is -0.475 e. The van der Waals surface area contributed by atoms with Crippen molar-refractivity contribution in [3.05, 3.63) is 23.5 Å². The van der Waals surface area contributed by atoms with Crippen molar-refractivity contribution in [2.75, 3.05) is 18.0 Å². The average molecular weight is 630 g/mol. The molecule has 0 spiro atoms. The van der Waals surface area contributed by atoms with Crippen LogP contribution in [0.4, 0.5) is 32.0 Å². The van der Waals surface area contributed by atoms with Crippen LogP contribution >= 0.6 is 11.3 Å². The maximum atomic E-state index is 13.8. The van der Waals surface area contributed by atoms with Crippen LogP contribution in [0.2, 0.25) is 0 Å². The van der Waals surface area contributed by atoms with Crippen LogP contribution in [0, 0.1) is 0 Å². The van der Waals surface area contributed by atoms with Crippen LogP contribution in [0.15, 0.2) is 23.4 Å². The number of carbonyl (C=O) groups is 1. The Kier molecular flexibility index (Phi) is 8.29. The number of fused-ring (bicyclic) bond motifs is 1. The van der Waals surface area contributed by atoms with Crippen molar-refractivity contribution in [3.63, 3.8) is 0 Å². The van der Waals surface area contributed by atoms with E-state index in [0.29, 0.717) is 35.6 Å². The number of carboxylic acids is 1. The van der Waals surface area contributed by atoms with Crippen LogP contribution in [0.5, 0.6) is 0 Å². The Morgan fingerprint density at radius 3 is 2.32 bits per heavy atom. The molecule has 1 aliphatic heterocycles. The van der Waals surface area contributed by atoms with Crippen molar-refractivity contribution in [1.29, 1.82) is 0 Å². The number of rotatable bonds is 6. The molecule has 5 rings (SSSR count). The molecule has 0 amide bonds. The largest absolute Gasteiger partial charge is 0.490 e. The number of halogens is 6. The molecule has 3 N–H and O–H groups in total. The molecule has 19 heteroatoms. The van der Waals surface area contributed by atoms with E-state index in [0.717, 1.165) is 0 Å². The maximum Gasteiger partial charge on any atom is 0.490 e. The number of nitrogens with one attached hydrogen (secondary N) is 2. The number of imidazole rings is 1. The molecule has 3 aromatic rings. The van der Waals surface area contributed by atoms with Crippen molar-refractivity contribution in [2.24, 2.45) is 0 Å². The van der Waals surface area contributed by atoms with Gasteiger partial charge < -0.3 is 15.3 Å². The number of alkyl halides is 6. The second-order valence-corrected chi connectivity index (χ2v) is 12.7.